The van der Waals surface area contributed by atoms with Crippen molar-refractivity contribution in [3.05, 3.63) is 63.4 Å². The van der Waals surface area contributed by atoms with Gasteiger partial charge in [0.1, 0.15) is 6.04 Å². The molecule has 3 aromatic rings. The zero-order valence-electron chi connectivity index (χ0n) is 18.3. The number of benzene rings is 2. The number of hydrogen-bond acceptors (Lipinski definition) is 7. The van der Waals surface area contributed by atoms with Crippen LogP contribution in [0.2, 0.25) is 0 Å². The van der Waals surface area contributed by atoms with E-state index in [0.717, 1.165) is 6.07 Å². The molecule has 0 bridgehead atoms. The second-order valence-electron chi connectivity index (χ2n) is 7.68. The number of nitrogens with zero attached hydrogens (tertiary/aromatic N) is 1. The van der Waals surface area contributed by atoms with Gasteiger partial charge in [0.2, 0.25) is 5.95 Å². The Morgan fingerprint density at radius 3 is 2.43 bits per heavy atom. The van der Waals surface area contributed by atoms with Crippen LogP contribution < -0.4 is 27.7 Å². The van der Waals surface area contributed by atoms with Crippen molar-refractivity contribution in [1.82, 2.24) is 15.3 Å². The minimum absolute atomic E-state index is 0.0506. The lowest BCUT2D eigenvalue weighted by atomic mass is 10.1. The van der Waals surface area contributed by atoms with E-state index in [4.69, 9.17) is 11.5 Å². The smallest absolute Gasteiger partial charge is 0.419 e. The van der Waals surface area contributed by atoms with Crippen LogP contribution in [0.5, 0.6) is 0 Å². The van der Waals surface area contributed by atoms with Gasteiger partial charge in [0.15, 0.2) is 0 Å². The second-order valence-corrected chi connectivity index (χ2v) is 7.68. The molecule has 3 rings (SSSR count). The number of aromatic amines is 1. The molecule has 0 fully saturated rings. The first-order valence-electron chi connectivity index (χ1n) is 10.5. The number of fused-ring (bicyclic) bond motifs is 1. The second kappa shape index (κ2) is 10.4. The molecule has 2 aromatic carbocycles. The normalized spacial score (nSPS) is 12.3. The number of anilines is 2. The summed E-state index contributed by atoms with van der Waals surface area (Å²) in [6.45, 7) is 0.235. The Morgan fingerprint density at radius 1 is 1.14 bits per heavy atom. The zero-order chi connectivity index (χ0) is 25.8. The molecule has 0 saturated heterocycles. The van der Waals surface area contributed by atoms with E-state index < -0.39 is 40.6 Å². The van der Waals surface area contributed by atoms with Gasteiger partial charge in [0.05, 0.1) is 16.5 Å². The lowest BCUT2D eigenvalue weighted by molar-refractivity contribution is -0.139. The maximum atomic E-state index is 13.8. The fourth-order valence-corrected chi connectivity index (χ4v) is 3.49. The molecule has 13 heteroatoms. The van der Waals surface area contributed by atoms with E-state index in [9.17, 15) is 32.7 Å². The molecule has 0 spiro atoms. The Bertz CT molecular complexity index is 1290. The molecule has 1 atom stereocenters. The van der Waals surface area contributed by atoms with E-state index in [1.165, 1.54) is 30.3 Å². The van der Waals surface area contributed by atoms with Crippen molar-refractivity contribution in [2.45, 2.75) is 31.6 Å². The maximum absolute atomic E-state index is 13.8. The van der Waals surface area contributed by atoms with Crippen molar-refractivity contribution < 1.29 is 27.9 Å². The summed E-state index contributed by atoms with van der Waals surface area (Å²) in [5, 5.41) is 13.7. The third kappa shape index (κ3) is 6.06. The van der Waals surface area contributed by atoms with Crippen LogP contribution in [0.1, 0.15) is 34.3 Å². The van der Waals surface area contributed by atoms with E-state index >= 15 is 0 Å². The Kier molecular flexibility index (Phi) is 7.59. The van der Waals surface area contributed by atoms with Crippen LogP contribution in [0.3, 0.4) is 0 Å². The molecule has 1 heterocycles. The SMILES string of the molecule is NCCC[C@H](NC(=O)c1ccc(CNc2ccc3nc(N)[nH]c(=O)c3c2C(F)(F)F)cc1)C(=O)O. The molecular formula is C22H23F3N6O4. The third-order valence-corrected chi connectivity index (χ3v) is 5.18. The number of carbonyl (C=O) groups is 2. The van der Waals surface area contributed by atoms with Crippen LogP contribution in [0, 0.1) is 0 Å². The summed E-state index contributed by atoms with van der Waals surface area (Å²) in [6, 6.07) is 7.21. The van der Waals surface area contributed by atoms with E-state index in [2.05, 4.69) is 20.6 Å². The maximum Gasteiger partial charge on any atom is 0.419 e. The third-order valence-electron chi connectivity index (χ3n) is 5.18. The molecule has 0 unspecified atom stereocenters. The molecule has 8 N–H and O–H groups in total. The summed E-state index contributed by atoms with van der Waals surface area (Å²) < 4.78 is 41.5. The van der Waals surface area contributed by atoms with Gasteiger partial charge in [-0.25, -0.2) is 9.78 Å². The first-order chi connectivity index (χ1) is 16.5. The number of rotatable bonds is 9. The Hall–Kier alpha value is -4.13. The van der Waals surface area contributed by atoms with Crippen molar-refractivity contribution in [2.24, 2.45) is 5.73 Å². The minimum atomic E-state index is -4.85. The van der Waals surface area contributed by atoms with Gasteiger partial charge in [-0.3, -0.25) is 14.6 Å². The monoisotopic (exact) mass is 492 g/mol. The van der Waals surface area contributed by atoms with E-state index in [0.29, 0.717) is 12.0 Å². The number of carbonyl (C=O) groups excluding carboxylic acids is 1. The number of hydrogen-bond donors (Lipinski definition) is 6. The van der Waals surface area contributed by atoms with Crippen LogP contribution in [0.15, 0.2) is 41.2 Å². The predicted octanol–water partition coefficient (Wildman–Crippen LogP) is 2.06. The Morgan fingerprint density at radius 2 is 1.83 bits per heavy atom. The number of amides is 1. The van der Waals surface area contributed by atoms with Crippen molar-refractivity contribution in [3.63, 3.8) is 0 Å². The molecular weight excluding hydrogens is 469 g/mol. The lowest BCUT2D eigenvalue weighted by Gasteiger charge is -2.17. The number of carboxylic acids is 1. The summed E-state index contributed by atoms with van der Waals surface area (Å²) in [4.78, 5) is 41.7. The van der Waals surface area contributed by atoms with Gasteiger partial charge < -0.3 is 27.2 Å². The van der Waals surface area contributed by atoms with E-state index in [1.54, 1.807) is 0 Å². The van der Waals surface area contributed by atoms with Gasteiger partial charge in [-0.1, -0.05) is 12.1 Å². The molecule has 0 saturated carbocycles. The van der Waals surface area contributed by atoms with Crippen molar-refractivity contribution in [1.29, 1.82) is 0 Å². The number of H-pyrrole nitrogens is 1. The Labute approximate surface area is 196 Å². The topological polar surface area (TPSA) is 176 Å². The molecule has 186 valence electrons. The molecule has 0 aliphatic rings. The largest absolute Gasteiger partial charge is 0.480 e. The number of nitrogens with two attached hydrogens (primary N) is 2. The summed E-state index contributed by atoms with van der Waals surface area (Å²) >= 11 is 0. The highest BCUT2D eigenvalue weighted by Gasteiger charge is 2.37. The van der Waals surface area contributed by atoms with Crippen molar-refractivity contribution in [3.8, 4) is 0 Å². The highest BCUT2D eigenvalue weighted by atomic mass is 19.4. The summed E-state index contributed by atoms with van der Waals surface area (Å²) in [6.07, 6.45) is -4.25. The lowest BCUT2D eigenvalue weighted by Crippen LogP contribution is -2.41. The fourth-order valence-electron chi connectivity index (χ4n) is 3.49. The fraction of sp³-hybridized carbons (Fsp3) is 0.273. The van der Waals surface area contributed by atoms with E-state index in [-0.39, 0.29) is 42.2 Å². The summed E-state index contributed by atoms with van der Waals surface area (Å²) in [7, 11) is 0. The van der Waals surface area contributed by atoms with Crippen LogP contribution in [-0.4, -0.2) is 39.5 Å². The molecule has 1 amide bonds. The molecule has 1 aromatic heterocycles. The van der Waals surface area contributed by atoms with Gasteiger partial charge in [-0.05, 0) is 49.2 Å². The van der Waals surface area contributed by atoms with Gasteiger partial charge in [-0.15, -0.1) is 0 Å². The number of carboxylic acid groups (broad SMARTS) is 1. The summed E-state index contributed by atoms with van der Waals surface area (Å²) in [5.74, 6) is -2.08. The average Bonchev–Trinajstić information content (AvgIpc) is 2.79. The predicted molar refractivity (Wildman–Crippen MR) is 123 cm³/mol. The Balaban J connectivity index is 1.78. The van der Waals surface area contributed by atoms with Crippen LogP contribution in [0.4, 0.5) is 24.8 Å². The summed E-state index contributed by atoms with van der Waals surface area (Å²) in [5.41, 5.74) is 8.84. The van der Waals surface area contributed by atoms with Gasteiger partial charge in [-0.2, -0.15) is 13.2 Å². The van der Waals surface area contributed by atoms with Crippen LogP contribution in [-0.2, 0) is 17.5 Å². The number of halogens is 3. The molecule has 10 nitrogen and oxygen atoms in total. The quantitative estimate of drug-likeness (QED) is 0.263. The van der Waals surface area contributed by atoms with Gasteiger partial charge in [0, 0.05) is 17.8 Å². The number of aliphatic carboxylic acids is 1. The van der Waals surface area contributed by atoms with E-state index in [1.807, 2.05) is 0 Å². The minimum Gasteiger partial charge on any atom is -0.480 e. The highest BCUT2D eigenvalue weighted by Crippen LogP contribution is 2.38. The number of nitrogen functional groups attached to an aromatic ring is 1. The number of aromatic nitrogens is 2. The highest BCUT2D eigenvalue weighted by molar-refractivity contribution is 5.96. The first-order valence-corrected chi connectivity index (χ1v) is 10.5. The standard InChI is InChI=1S/C22H23F3N6O4/c23-22(24,25)17-14(8-7-13-16(17)19(33)31-21(27)30-13)28-10-11-3-5-12(6-4-11)18(32)29-15(20(34)35)2-1-9-26/h3-8,15,28H,1-2,9-10,26H2,(H,29,32)(H,34,35)(H3,27,30,31,33)/t15-/m0/s1. The van der Waals surface area contributed by atoms with Gasteiger partial charge >= 0.3 is 12.1 Å². The number of nitrogens with one attached hydrogen (secondary N) is 3. The average molecular weight is 492 g/mol. The van der Waals surface area contributed by atoms with Crippen molar-refractivity contribution >= 4 is 34.4 Å². The first kappa shape index (κ1) is 25.5. The molecule has 0 aliphatic carbocycles. The van der Waals surface area contributed by atoms with Crippen LogP contribution >= 0.6 is 0 Å². The molecule has 0 radical (unpaired) electrons. The zero-order valence-corrected chi connectivity index (χ0v) is 18.3. The van der Waals surface area contributed by atoms with Crippen molar-refractivity contribution in [2.75, 3.05) is 17.6 Å². The molecule has 0 aliphatic heterocycles. The number of alkyl halides is 3. The molecule has 35 heavy (non-hydrogen) atoms. The van der Waals surface area contributed by atoms with Gasteiger partial charge in [0.25, 0.3) is 11.5 Å². The van der Waals surface area contributed by atoms with Crippen LogP contribution in [0.25, 0.3) is 10.9 Å².